The number of hydrogen-bond donors (Lipinski definition) is 5. The van der Waals surface area contributed by atoms with Gasteiger partial charge in [0.15, 0.2) is 22.9 Å². The van der Waals surface area contributed by atoms with E-state index in [0.29, 0.717) is 22.9 Å². The number of rotatable bonds is 6. The van der Waals surface area contributed by atoms with E-state index in [4.69, 9.17) is 4.98 Å². The van der Waals surface area contributed by atoms with Gasteiger partial charge in [-0.05, 0) is 71.8 Å². The Bertz CT molecular complexity index is 3390. The first-order chi connectivity index (χ1) is 30.2. The molecule has 10 aromatic heterocycles. The molecule has 0 fully saturated rings. The van der Waals surface area contributed by atoms with Crippen molar-refractivity contribution in [2.24, 2.45) is 0 Å². The Morgan fingerprint density at radius 1 is 0.475 bits per heavy atom. The van der Waals surface area contributed by atoms with Gasteiger partial charge in [-0.1, -0.05) is 32.0 Å². The third kappa shape index (κ3) is 6.88. The molecule has 12 aromatic rings. The third-order valence-corrected chi connectivity index (χ3v) is 9.98. The van der Waals surface area contributed by atoms with Crippen LogP contribution in [0.15, 0.2) is 141 Å². The Morgan fingerprint density at radius 3 is 1.77 bits per heavy atom. The van der Waals surface area contributed by atoms with Gasteiger partial charge in [0.25, 0.3) is 0 Å². The van der Waals surface area contributed by atoms with Gasteiger partial charge in [-0.25, -0.2) is 19.9 Å². The van der Waals surface area contributed by atoms with Crippen molar-refractivity contribution in [1.29, 1.82) is 0 Å². The fourth-order valence-corrected chi connectivity index (χ4v) is 7.14. The molecule has 0 amide bonds. The Hall–Kier alpha value is -8.79. The number of aromatic amines is 5. The standard InChI is InChI=1S/C22H14N8.C21H14N8.C2H6/c1-2-17-16(11-14(1)18-12-24-9-10-25-18)20(30-29-17)22-27-19-15(5-8-26-21(19)28-22)13-3-6-23-7-4-13;1-2-7-22-16(3-1)14-6-8-23-20-18(14)26-21(27-20)19-15-9-12(13-10-24-25-11-13)4-5-17(15)28-29-19;1-2/h1-12H,(H,29,30)(H,26,27,28);1-11H,(H,24,25)(H,28,29)(H,23,26,27);1-2H3. The van der Waals surface area contributed by atoms with Crippen LogP contribution in [0.4, 0.5) is 0 Å². The van der Waals surface area contributed by atoms with Gasteiger partial charge in [0.2, 0.25) is 0 Å². The molecule has 294 valence electrons. The van der Waals surface area contributed by atoms with Crippen LogP contribution in [0.2, 0.25) is 0 Å². The summed E-state index contributed by atoms with van der Waals surface area (Å²) in [7, 11) is 0. The van der Waals surface area contributed by atoms with E-state index in [1.54, 1.807) is 55.8 Å². The van der Waals surface area contributed by atoms with Gasteiger partial charge >= 0.3 is 0 Å². The van der Waals surface area contributed by atoms with Gasteiger partial charge in [-0.3, -0.25) is 35.2 Å². The summed E-state index contributed by atoms with van der Waals surface area (Å²) in [4.78, 5) is 42.1. The highest BCUT2D eigenvalue weighted by atomic mass is 15.2. The van der Waals surface area contributed by atoms with Crippen LogP contribution >= 0.6 is 0 Å². The van der Waals surface area contributed by atoms with E-state index in [0.717, 1.165) is 89.0 Å². The lowest BCUT2D eigenvalue weighted by atomic mass is 10.1. The fourth-order valence-electron chi connectivity index (χ4n) is 7.14. The van der Waals surface area contributed by atoms with Crippen molar-refractivity contribution in [1.82, 2.24) is 80.4 Å². The number of pyridine rings is 4. The predicted octanol–water partition coefficient (Wildman–Crippen LogP) is 9.00. The van der Waals surface area contributed by atoms with Gasteiger partial charge < -0.3 is 9.97 Å². The lowest BCUT2D eigenvalue weighted by molar-refractivity contribution is 1.09. The lowest BCUT2D eigenvalue weighted by Crippen LogP contribution is -1.85. The van der Waals surface area contributed by atoms with Crippen LogP contribution in [0.25, 0.3) is 112 Å². The van der Waals surface area contributed by atoms with Crippen LogP contribution in [0.5, 0.6) is 0 Å². The molecule has 0 aliphatic heterocycles. The molecule has 0 aliphatic rings. The minimum absolute atomic E-state index is 0.630. The fraction of sp³-hybridized carbons (Fsp3) is 0.0444. The molecular weight excluding hydrogens is 765 g/mol. The Labute approximate surface area is 346 Å². The summed E-state index contributed by atoms with van der Waals surface area (Å²) in [6, 6.07) is 25.8. The van der Waals surface area contributed by atoms with Crippen molar-refractivity contribution in [2.75, 3.05) is 0 Å². The summed E-state index contributed by atoms with van der Waals surface area (Å²) in [6.45, 7) is 4.00. The molecular formula is C45H34N16. The van der Waals surface area contributed by atoms with Crippen LogP contribution in [0.1, 0.15) is 13.8 Å². The molecule has 0 bridgehead atoms. The first kappa shape index (κ1) is 36.5. The maximum Gasteiger partial charge on any atom is 0.178 e. The number of benzene rings is 2. The molecule has 0 spiro atoms. The number of fused-ring (bicyclic) bond motifs is 4. The predicted molar refractivity (Wildman–Crippen MR) is 234 cm³/mol. The highest BCUT2D eigenvalue weighted by molar-refractivity contribution is 5.98. The molecule has 0 saturated carbocycles. The van der Waals surface area contributed by atoms with Gasteiger partial charge in [-0.2, -0.15) is 15.3 Å². The molecule has 16 heteroatoms. The first-order valence-corrected chi connectivity index (χ1v) is 19.5. The number of aromatic nitrogens is 16. The summed E-state index contributed by atoms with van der Waals surface area (Å²) in [5.74, 6) is 1.31. The van der Waals surface area contributed by atoms with Crippen molar-refractivity contribution in [2.45, 2.75) is 13.8 Å². The number of imidazole rings is 2. The zero-order valence-electron chi connectivity index (χ0n) is 32.7. The number of hydrogen-bond acceptors (Lipinski definition) is 11. The molecule has 10 heterocycles. The monoisotopic (exact) mass is 798 g/mol. The lowest BCUT2D eigenvalue weighted by Gasteiger charge is -2.01. The summed E-state index contributed by atoms with van der Waals surface area (Å²) in [6.07, 6.45) is 17.6. The van der Waals surface area contributed by atoms with E-state index in [1.165, 1.54) is 0 Å². The van der Waals surface area contributed by atoms with Gasteiger partial charge in [0.05, 0.1) is 45.8 Å². The summed E-state index contributed by atoms with van der Waals surface area (Å²) >= 11 is 0. The van der Waals surface area contributed by atoms with Crippen molar-refractivity contribution < 1.29 is 0 Å². The molecule has 0 radical (unpaired) electrons. The van der Waals surface area contributed by atoms with E-state index < -0.39 is 0 Å². The SMILES string of the molecule is CC.c1cc(-c2ccnc3nc(-c4n[nH]c5ccc(-c6cnccn6)cc45)[nH]c23)ccn1.c1ccc(-c2ccnc3nc(-c4n[nH]c5ccc(-c6cn[nH]c6)cc45)[nH]c23)nc1. The molecule has 16 nitrogen and oxygen atoms in total. The molecule has 2 aromatic carbocycles. The number of H-pyrrole nitrogens is 5. The molecule has 0 saturated heterocycles. The van der Waals surface area contributed by atoms with Crippen LogP contribution in [0, 0.1) is 0 Å². The van der Waals surface area contributed by atoms with Gasteiger partial charge in [0, 0.05) is 82.6 Å². The molecule has 61 heavy (non-hydrogen) atoms. The Balaban J connectivity index is 0.000000141. The minimum atomic E-state index is 0.630. The highest BCUT2D eigenvalue weighted by Gasteiger charge is 2.18. The molecule has 0 aliphatic carbocycles. The van der Waals surface area contributed by atoms with Crippen molar-refractivity contribution in [3.05, 3.63) is 141 Å². The molecule has 0 atom stereocenters. The highest BCUT2D eigenvalue weighted by Crippen LogP contribution is 2.34. The van der Waals surface area contributed by atoms with E-state index >= 15 is 0 Å². The normalized spacial score (nSPS) is 11.1. The summed E-state index contributed by atoms with van der Waals surface area (Å²) < 4.78 is 0. The summed E-state index contributed by atoms with van der Waals surface area (Å²) in [5, 5.41) is 24.0. The van der Waals surface area contributed by atoms with E-state index in [9.17, 15) is 0 Å². The topological polar surface area (TPSA) is 221 Å². The van der Waals surface area contributed by atoms with Crippen molar-refractivity contribution >= 4 is 44.1 Å². The minimum Gasteiger partial charge on any atom is -0.335 e. The second-order valence-corrected chi connectivity index (χ2v) is 13.5. The van der Waals surface area contributed by atoms with Crippen LogP contribution in [0.3, 0.4) is 0 Å². The summed E-state index contributed by atoms with van der Waals surface area (Å²) in [5.41, 5.74) is 14.0. The van der Waals surface area contributed by atoms with Crippen LogP contribution in [-0.4, -0.2) is 80.4 Å². The van der Waals surface area contributed by atoms with Crippen molar-refractivity contribution in [3.8, 4) is 67.8 Å². The van der Waals surface area contributed by atoms with Crippen LogP contribution < -0.4 is 0 Å². The smallest absolute Gasteiger partial charge is 0.178 e. The first-order valence-electron chi connectivity index (χ1n) is 19.5. The second-order valence-electron chi connectivity index (χ2n) is 13.5. The van der Waals surface area contributed by atoms with E-state index in [1.807, 2.05) is 92.8 Å². The largest absolute Gasteiger partial charge is 0.335 e. The zero-order chi connectivity index (χ0) is 41.1. The van der Waals surface area contributed by atoms with Gasteiger partial charge in [0.1, 0.15) is 11.4 Å². The average Bonchev–Trinajstić information content (AvgIpc) is 4.19. The van der Waals surface area contributed by atoms with Crippen molar-refractivity contribution in [3.63, 3.8) is 0 Å². The quantitative estimate of drug-likeness (QED) is 0.107. The van der Waals surface area contributed by atoms with E-state index in [2.05, 4.69) is 81.5 Å². The van der Waals surface area contributed by atoms with Crippen LogP contribution in [-0.2, 0) is 0 Å². The molecule has 0 unspecified atom stereocenters. The zero-order valence-corrected chi connectivity index (χ0v) is 32.7. The maximum atomic E-state index is 4.70. The Morgan fingerprint density at radius 2 is 1.13 bits per heavy atom. The average molecular weight is 799 g/mol. The second kappa shape index (κ2) is 15.9. The number of nitrogens with one attached hydrogen (secondary N) is 5. The number of nitrogens with zero attached hydrogens (tertiary/aromatic N) is 11. The van der Waals surface area contributed by atoms with Gasteiger partial charge in [-0.15, -0.1) is 0 Å². The molecule has 5 N–H and O–H groups in total. The Kier molecular flexibility index (Phi) is 9.50. The van der Waals surface area contributed by atoms with E-state index in [-0.39, 0.29) is 0 Å². The molecule has 12 rings (SSSR count). The maximum absolute atomic E-state index is 4.70. The third-order valence-electron chi connectivity index (χ3n) is 9.98.